The molecular formula is C29H59NO3P+. The van der Waals surface area contributed by atoms with Gasteiger partial charge in [-0.25, -0.2) is 0 Å². The van der Waals surface area contributed by atoms with Crippen LogP contribution < -0.4 is 0 Å². The van der Waals surface area contributed by atoms with Gasteiger partial charge in [0, 0.05) is 6.42 Å². The number of quaternary nitrogens is 1. The third-order valence-electron chi connectivity index (χ3n) is 6.48. The average Bonchev–Trinajstić information content (AvgIpc) is 2.76. The molecule has 5 heteroatoms. The second-order valence-electron chi connectivity index (χ2n) is 10.7. The highest BCUT2D eigenvalue weighted by molar-refractivity contribution is 7.53. The zero-order valence-electron chi connectivity index (χ0n) is 23.5. The molecule has 0 aliphatic rings. The fraction of sp³-hybridized carbons (Fsp3) is 0.862. The molecule has 0 aliphatic carbocycles. The minimum Gasteiger partial charge on any atom is -0.320 e. The normalized spacial score (nSPS) is 15.4. The van der Waals surface area contributed by atoms with Crippen molar-refractivity contribution in [3.8, 4) is 0 Å². The number of nitrogens with zero attached hydrogens (tertiary/aromatic N) is 1. The Labute approximate surface area is 213 Å². The van der Waals surface area contributed by atoms with Crippen LogP contribution in [0.1, 0.15) is 129 Å². The van der Waals surface area contributed by atoms with E-state index in [1.165, 1.54) is 96.3 Å². The van der Waals surface area contributed by atoms with Crippen molar-refractivity contribution in [1.82, 2.24) is 0 Å². The Hall–Kier alpha value is -0.410. The van der Waals surface area contributed by atoms with E-state index in [1.807, 2.05) is 28.1 Å². The summed E-state index contributed by atoms with van der Waals surface area (Å²) in [5.41, 5.74) is 0. The van der Waals surface area contributed by atoms with Crippen molar-refractivity contribution in [2.45, 2.75) is 135 Å². The highest BCUT2D eigenvalue weighted by atomic mass is 31.2. The summed E-state index contributed by atoms with van der Waals surface area (Å²) < 4.78 is 18.4. The Morgan fingerprint density at radius 1 is 0.676 bits per heavy atom. The molecule has 2 unspecified atom stereocenters. The minimum atomic E-state index is -3.56. The quantitative estimate of drug-likeness (QED) is 0.0621. The SMILES string of the molecule is CCCCCCC=CCCCCC=CCCCCCCCCCOP(=O)(O)C(CC)[N+](C)(C)C. The summed E-state index contributed by atoms with van der Waals surface area (Å²) in [6, 6.07) is 0. The molecule has 1 N–H and O–H groups in total. The first-order valence-electron chi connectivity index (χ1n) is 14.3. The summed E-state index contributed by atoms with van der Waals surface area (Å²) in [7, 11) is 2.30. The largest absolute Gasteiger partial charge is 0.385 e. The first-order valence-corrected chi connectivity index (χ1v) is 16.0. The van der Waals surface area contributed by atoms with E-state index in [1.54, 1.807) is 0 Å². The van der Waals surface area contributed by atoms with Crippen molar-refractivity contribution in [3.05, 3.63) is 24.3 Å². The third-order valence-corrected chi connectivity index (χ3v) is 8.84. The molecule has 0 aromatic rings. The molecule has 0 aliphatic heterocycles. The first kappa shape index (κ1) is 33.6. The number of unbranched alkanes of at least 4 members (excludes halogenated alkanes) is 14. The topological polar surface area (TPSA) is 46.5 Å². The van der Waals surface area contributed by atoms with Gasteiger partial charge in [-0.1, -0.05) is 89.5 Å². The zero-order chi connectivity index (χ0) is 25.5. The van der Waals surface area contributed by atoms with Crippen molar-refractivity contribution >= 4 is 7.60 Å². The van der Waals surface area contributed by atoms with E-state index < -0.39 is 7.60 Å². The van der Waals surface area contributed by atoms with Gasteiger partial charge in [0.15, 0.2) is 5.78 Å². The molecule has 0 radical (unpaired) electrons. The van der Waals surface area contributed by atoms with Crippen molar-refractivity contribution < 1.29 is 18.5 Å². The van der Waals surface area contributed by atoms with Crippen LogP contribution in [0.5, 0.6) is 0 Å². The molecule has 0 heterocycles. The van der Waals surface area contributed by atoms with Crippen LogP contribution in [0.4, 0.5) is 0 Å². The molecule has 0 bridgehead atoms. The highest BCUT2D eigenvalue weighted by Crippen LogP contribution is 2.51. The Kier molecular flexibility index (Phi) is 21.6. The van der Waals surface area contributed by atoms with Crippen molar-refractivity contribution in [2.75, 3.05) is 27.7 Å². The van der Waals surface area contributed by atoms with Crippen molar-refractivity contribution in [1.29, 1.82) is 0 Å². The van der Waals surface area contributed by atoms with E-state index in [2.05, 4.69) is 31.2 Å². The molecule has 202 valence electrons. The molecule has 2 atom stereocenters. The first-order chi connectivity index (χ1) is 16.3. The van der Waals surface area contributed by atoms with E-state index in [-0.39, 0.29) is 5.78 Å². The predicted octanol–water partition coefficient (Wildman–Crippen LogP) is 9.39. The van der Waals surface area contributed by atoms with Gasteiger partial charge >= 0.3 is 7.60 Å². The van der Waals surface area contributed by atoms with Crippen LogP contribution in [0.15, 0.2) is 24.3 Å². The van der Waals surface area contributed by atoms with Crippen LogP contribution in [0, 0.1) is 0 Å². The maximum absolute atomic E-state index is 12.5. The predicted molar refractivity (Wildman–Crippen MR) is 150 cm³/mol. The van der Waals surface area contributed by atoms with Gasteiger partial charge in [0.05, 0.1) is 27.7 Å². The molecule has 0 amide bonds. The van der Waals surface area contributed by atoms with E-state index >= 15 is 0 Å². The van der Waals surface area contributed by atoms with Gasteiger partial charge in [-0.3, -0.25) is 4.57 Å². The Morgan fingerprint density at radius 3 is 1.47 bits per heavy atom. The summed E-state index contributed by atoms with van der Waals surface area (Å²) in [5.74, 6) is -0.353. The summed E-state index contributed by atoms with van der Waals surface area (Å²) in [6.07, 6.45) is 31.4. The number of hydrogen-bond acceptors (Lipinski definition) is 2. The summed E-state index contributed by atoms with van der Waals surface area (Å²) in [5, 5.41) is 0. The van der Waals surface area contributed by atoms with Crippen LogP contribution in [-0.4, -0.2) is 42.9 Å². The molecule has 4 nitrogen and oxygen atoms in total. The fourth-order valence-corrected chi connectivity index (χ4v) is 6.33. The van der Waals surface area contributed by atoms with Gasteiger partial charge in [0.25, 0.3) is 0 Å². The Balaban J connectivity index is 3.47. The van der Waals surface area contributed by atoms with Gasteiger partial charge in [-0.05, 0) is 57.8 Å². The lowest BCUT2D eigenvalue weighted by Crippen LogP contribution is -2.44. The Morgan fingerprint density at radius 2 is 1.06 bits per heavy atom. The molecule has 0 aromatic heterocycles. The van der Waals surface area contributed by atoms with Crippen LogP contribution in [0.3, 0.4) is 0 Å². The lowest BCUT2D eigenvalue weighted by molar-refractivity contribution is -0.883. The Bertz CT molecular complexity index is 554. The van der Waals surface area contributed by atoms with Gasteiger partial charge < -0.3 is 13.9 Å². The maximum Gasteiger partial charge on any atom is 0.385 e. The number of allylic oxidation sites excluding steroid dienone is 4. The van der Waals surface area contributed by atoms with Crippen LogP contribution in [0.2, 0.25) is 0 Å². The zero-order valence-corrected chi connectivity index (χ0v) is 24.4. The molecule has 0 fully saturated rings. The number of rotatable bonds is 24. The maximum atomic E-state index is 12.5. The monoisotopic (exact) mass is 500 g/mol. The standard InChI is InChI=1S/C29H58NO3P/c1-6-8-9-10-11-12-13-14-15-16-17-18-19-20-21-22-23-24-25-26-27-28-33-34(31,32)29(7-2)30(3,4)5/h12-13,18-19,29H,6-11,14-17,20-28H2,1-5H3/p+1. The molecule has 34 heavy (non-hydrogen) atoms. The van der Waals surface area contributed by atoms with E-state index in [4.69, 9.17) is 4.52 Å². The summed E-state index contributed by atoms with van der Waals surface area (Å²) >= 11 is 0. The van der Waals surface area contributed by atoms with Gasteiger partial charge in [-0.15, -0.1) is 0 Å². The second kappa shape index (κ2) is 21.8. The molecule has 0 saturated heterocycles. The van der Waals surface area contributed by atoms with E-state index in [9.17, 15) is 9.46 Å². The smallest absolute Gasteiger partial charge is 0.320 e. The molecule has 0 rings (SSSR count). The fourth-order valence-electron chi connectivity index (χ4n) is 4.43. The average molecular weight is 501 g/mol. The van der Waals surface area contributed by atoms with Crippen molar-refractivity contribution in [2.24, 2.45) is 0 Å². The molecule has 0 aromatic carbocycles. The highest BCUT2D eigenvalue weighted by Gasteiger charge is 2.41. The number of hydrogen-bond donors (Lipinski definition) is 1. The van der Waals surface area contributed by atoms with Crippen LogP contribution >= 0.6 is 7.60 Å². The molecule has 0 saturated carbocycles. The van der Waals surface area contributed by atoms with E-state index in [0.717, 1.165) is 12.8 Å². The van der Waals surface area contributed by atoms with Gasteiger partial charge in [0.1, 0.15) is 0 Å². The van der Waals surface area contributed by atoms with Gasteiger partial charge in [0.2, 0.25) is 0 Å². The molecule has 0 spiro atoms. The van der Waals surface area contributed by atoms with E-state index in [0.29, 0.717) is 17.5 Å². The minimum absolute atomic E-state index is 0.353. The van der Waals surface area contributed by atoms with Gasteiger partial charge in [-0.2, -0.15) is 0 Å². The lowest BCUT2D eigenvalue weighted by atomic mass is 10.1. The third kappa shape index (κ3) is 19.8. The van der Waals surface area contributed by atoms with Crippen LogP contribution in [0.25, 0.3) is 0 Å². The summed E-state index contributed by atoms with van der Waals surface area (Å²) in [4.78, 5) is 10.3. The summed E-state index contributed by atoms with van der Waals surface area (Å²) in [6.45, 7) is 4.61. The molecular weight excluding hydrogens is 441 g/mol. The lowest BCUT2D eigenvalue weighted by Gasteiger charge is -2.35. The van der Waals surface area contributed by atoms with Crippen LogP contribution in [-0.2, 0) is 9.09 Å². The second-order valence-corrected chi connectivity index (χ2v) is 12.7. The van der Waals surface area contributed by atoms with Crippen molar-refractivity contribution in [3.63, 3.8) is 0 Å².